The van der Waals surface area contributed by atoms with Crippen molar-refractivity contribution in [3.63, 3.8) is 0 Å². The van der Waals surface area contributed by atoms with Crippen molar-refractivity contribution in [2.45, 2.75) is 65.6 Å². The van der Waals surface area contributed by atoms with Crippen LogP contribution in [0.4, 0.5) is 0 Å². The first-order valence-electron chi connectivity index (χ1n) is 8.13. The number of likely N-dealkylation sites (N-methyl/N-ethyl adjacent to an activating group) is 1. The highest BCUT2D eigenvalue weighted by Crippen LogP contribution is 2.48. The fourth-order valence-corrected chi connectivity index (χ4v) is 4.19. The van der Waals surface area contributed by atoms with Crippen molar-refractivity contribution in [1.82, 2.24) is 9.80 Å². The van der Waals surface area contributed by atoms with E-state index in [9.17, 15) is 0 Å². The van der Waals surface area contributed by atoms with E-state index in [2.05, 4.69) is 76.6 Å². The number of rotatable bonds is 3. The second-order valence-corrected chi connectivity index (χ2v) is 7.60. The molecule has 20 heavy (non-hydrogen) atoms. The van der Waals surface area contributed by atoms with Crippen LogP contribution in [0.2, 0.25) is 0 Å². The van der Waals surface area contributed by atoms with Crippen molar-refractivity contribution < 1.29 is 0 Å². The molecule has 114 valence electrons. The van der Waals surface area contributed by atoms with Crippen molar-refractivity contribution in [2.75, 3.05) is 13.6 Å². The van der Waals surface area contributed by atoms with Gasteiger partial charge in [-0.3, -0.25) is 4.90 Å². The Kier molecular flexibility index (Phi) is 4.07. The Bertz CT molecular complexity index is 407. The van der Waals surface area contributed by atoms with E-state index >= 15 is 0 Å². The highest BCUT2D eigenvalue weighted by atomic mass is 15.5. The Balaban J connectivity index is 2.55. The van der Waals surface area contributed by atoms with Crippen LogP contribution in [0.5, 0.6) is 0 Å². The van der Waals surface area contributed by atoms with E-state index in [1.54, 1.807) is 0 Å². The fourth-order valence-electron chi connectivity index (χ4n) is 4.19. The number of allylic oxidation sites excluding steroid dienone is 3. The molecule has 2 heteroatoms. The average Bonchev–Trinajstić information content (AvgIpc) is 2.59. The monoisotopic (exact) mass is 276 g/mol. The van der Waals surface area contributed by atoms with Gasteiger partial charge in [0.25, 0.3) is 0 Å². The van der Waals surface area contributed by atoms with Gasteiger partial charge in [-0.2, -0.15) is 0 Å². The summed E-state index contributed by atoms with van der Waals surface area (Å²) in [5.41, 5.74) is 1.71. The molecule has 0 aromatic rings. The highest BCUT2D eigenvalue weighted by molar-refractivity contribution is 5.28. The molecule has 1 aliphatic carbocycles. The lowest BCUT2D eigenvalue weighted by atomic mass is 9.75. The van der Waals surface area contributed by atoms with Crippen molar-refractivity contribution in [2.24, 2.45) is 11.8 Å². The molecule has 0 atom stereocenters. The zero-order chi connectivity index (χ0) is 15.1. The maximum atomic E-state index is 2.71. The Morgan fingerprint density at radius 3 is 2.10 bits per heavy atom. The summed E-state index contributed by atoms with van der Waals surface area (Å²) in [7, 11) is 2.27. The highest BCUT2D eigenvalue weighted by Gasteiger charge is 2.56. The van der Waals surface area contributed by atoms with E-state index in [1.165, 1.54) is 18.5 Å². The minimum absolute atomic E-state index is 0.0715. The minimum Gasteiger partial charge on any atom is -0.346 e. The molecule has 2 nitrogen and oxygen atoms in total. The average molecular weight is 276 g/mol. The van der Waals surface area contributed by atoms with Crippen molar-refractivity contribution in [3.05, 3.63) is 23.9 Å². The predicted octanol–water partition coefficient (Wildman–Crippen LogP) is 4.25. The summed E-state index contributed by atoms with van der Waals surface area (Å²) >= 11 is 0. The van der Waals surface area contributed by atoms with Gasteiger partial charge < -0.3 is 4.90 Å². The van der Waals surface area contributed by atoms with E-state index < -0.39 is 0 Å². The van der Waals surface area contributed by atoms with E-state index in [1.807, 2.05) is 0 Å². The fraction of sp³-hybridized carbons (Fsp3) is 0.778. The van der Waals surface area contributed by atoms with Crippen LogP contribution in [-0.2, 0) is 0 Å². The maximum absolute atomic E-state index is 2.71. The van der Waals surface area contributed by atoms with Crippen molar-refractivity contribution >= 4 is 0 Å². The van der Waals surface area contributed by atoms with Gasteiger partial charge in [0.05, 0.1) is 11.2 Å². The van der Waals surface area contributed by atoms with Gasteiger partial charge in [0.2, 0.25) is 0 Å². The molecule has 0 saturated carbocycles. The molecule has 1 saturated heterocycles. The van der Waals surface area contributed by atoms with Gasteiger partial charge in [0, 0.05) is 12.2 Å². The molecule has 0 aromatic carbocycles. The Morgan fingerprint density at radius 2 is 1.65 bits per heavy atom. The Hall–Kier alpha value is -0.760. The third-order valence-electron chi connectivity index (χ3n) is 5.62. The first-order valence-corrected chi connectivity index (χ1v) is 8.13. The van der Waals surface area contributed by atoms with Gasteiger partial charge in [0.1, 0.15) is 0 Å². The van der Waals surface area contributed by atoms with Gasteiger partial charge in [-0.25, -0.2) is 0 Å². The molecular weight excluding hydrogens is 244 g/mol. The second-order valence-electron chi connectivity index (χ2n) is 7.60. The summed E-state index contributed by atoms with van der Waals surface area (Å²) in [6.07, 6.45) is 9.46. The van der Waals surface area contributed by atoms with Crippen LogP contribution in [0.3, 0.4) is 0 Å². The first-order chi connectivity index (χ1) is 9.24. The molecule has 2 aliphatic rings. The normalized spacial score (nSPS) is 25.6. The van der Waals surface area contributed by atoms with Crippen LogP contribution < -0.4 is 0 Å². The number of nitrogens with zero attached hydrogens (tertiary/aromatic N) is 2. The summed E-state index contributed by atoms with van der Waals surface area (Å²) in [5, 5.41) is 0. The molecule has 1 aliphatic heterocycles. The van der Waals surface area contributed by atoms with Gasteiger partial charge >= 0.3 is 0 Å². The van der Waals surface area contributed by atoms with Crippen molar-refractivity contribution in [3.8, 4) is 0 Å². The molecule has 0 radical (unpaired) electrons. The molecule has 0 N–H and O–H groups in total. The molecule has 1 fully saturated rings. The summed E-state index contributed by atoms with van der Waals surface area (Å²) < 4.78 is 0. The van der Waals surface area contributed by atoms with Gasteiger partial charge in [-0.1, -0.05) is 39.8 Å². The zero-order valence-corrected chi connectivity index (χ0v) is 14.4. The molecule has 0 spiro atoms. The van der Waals surface area contributed by atoms with E-state index in [0.717, 1.165) is 6.54 Å². The van der Waals surface area contributed by atoms with E-state index in [0.29, 0.717) is 11.8 Å². The topological polar surface area (TPSA) is 6.48 Å². The number of hydrogen-bond acceptors (Lipinski definition) is 2. The number of hydrogen-bond donors (Lipinski definition) is 0. The second kappa shape index (κ2) is 5.22. The molecule has 0 amide bonds. The molecule has 1 heterocycles. The quantitative estimate of drug-likeness (QED) is 0.760. The zero-order valence-electron chi connectivity index (χ0n) is 14.4. The standard InChI is InChI=1S/C18H32N2/c1-14(2)18(15(3)4)13-19(7)17(5,6)20(18)16-11-9-8-10-12-16/h9,11-12,14-15H,8,10,13H2,1-7H3. The van der Waals surface area contributed by atoms with Crippen LogP contribution in [0, 0.1) is 11.8 Å². The lowest BCUT2D eigenvalue weighted by Gasteiger charge is -2.51. The smallest absolute Gasteiger partial charge is 0.0880 e. The molecular formula is C18H32N2. The minimum atomic E-state index is 0.0715. The van der Waals surface area contributed by atoms with Crippen LogP contribution in [0.1, 0.15) is 54.4 Å². The Morgan fingerprint density at radius 1 is 1.05 bits per heavy atom. The molecule has 0 bridgehead atoms. The van der Waals surface area contributed by atoms with Crippen LogP contribution in [0.15, 0.2) is 23.9 Å². The van der Waals surface area contributed by atoms with Crippen LogP contribution >= 0.6 is 0 Å². The summed E-state index contributed by atoms with van der Waals surface area (Å²) in [6.45, 7) is 15.4. The van der Waals surface area contributed by atoms with E-state index in [-0.39, 0.29) is 11.2 Å². The van der Waals surface area contributed by atoms with Crippen molar-refractivity contribution in [1.29, 1.82) is 0 Å². The first kappa shape index (κ1) is 15.6. The third-order valence-corrected chi connectivity index (χ3v) is 5.62. The van der Waals surface area contributed by atoms with Crippen LogP contribution in [-0.4, -0.2) is 34.6 Å². The van der Waals surface area contributed by atoms with Gasteiger partial charge in [-0.05, 0) is 51.6 Å². The van der Waals surface area contributed by atoms with E-state index in [4.69, 9.17) is 0 Å². The molecule has 0 aromatic heterocycles. The summed E-state index contributed by atoms with van der Waals surface area (Å²) in [4.78, 5) is 5.24. The lowest BCUT2D eigenvalue weighted by molar-refractivity contribution is 0.0124. The maximum Gasteiger partial charge on any atom is 0.0880 e. The summed E-state index contributed by atoms with van der Waals surface area (Å²) in [5.74, 6) is 1.26. The van der Waals surface area contributed by atoms with Crippen LogP contribution in [0.25, 0.3) is 0 Å². The SMILES string of the molecule is CC(C)C1(C(C)C)CN(C)C(C)(C)N1C1=CCCC=C1. The summed E-state index contributed by atoms with van der Waals surface area (Å²) in [6, 6.07) is 0. The predicted molar refractivity (Wildman–Crippen MR) is 87.4 cm³/mol. The molecule has 2 rings (SSSR count). The lowest BCUT2D eigenvalue weighted by Crippen LogP contribution is -2.58. The third kappa shape index (κ3) is 2.13. The molecule has 0 unspecified atom stereocenters. The van der Waals surface area contributed by atoms with Gasteiger partial charge in [0.15, 0.2) is 0 Å². The van der Waals surface area contributed by atoms with Gasteiger partial charge in [-0.15, -0.1) is 0 Å². The Labute approximate surface area is 125 Å². The largest absolute Gasteiger partial charge is 0.346 e.